The van der Waals surface area contributed by atoms with Gasteiger partial charge in [-0.1, -0.05) is 97.0 Å². The molecule has 1 rings (SSSR count). The van der Waals surface area contributed by atoms with Gasteiger partial charge in [0.25, 0.3) is 0 Å². The van der Waals surface area contributed by atoms with Crippen molar-refractivity contribution in [2.24, 2.45) is 0 Å². The van der Waals surface area contributed by atoms with Crippen LogP contribution in [0, 0.1) is 0 Å². The first-order valence-corrected chi connectivity index (χ1v) is 12.0. The fourth-order valence-electron chi connectivity index (χ4n) is 3.23. The summed E-state index contributed by atoms with van der Waals surface area (Å²) in [5, 5.41) is 0. The lowest BCUT2D eigenvalue weighted by atomic mass is 10.1. The van der Waals surface area contributed by atoms with Gasteiger partial charge in [-0.05, 0) is 25.0 Å². The van der Waals surface area contributed by atoms with E-state index in [9.17, 15) is 9.59 Å². The van der Waals surface area contributed by atoms with Crippen molar-refractivity contribution >= 4 is 11.9 Å². The monoisotopic (exact) mass is 419 g/mol. The maximum absolute atomic E-state index is 12.1. The highest BCUT2D eigenvalue weighted by atomic mass is 16.5. The largest absolute Gasteiger partial charge is 0.461 e. The minimum Gasteiger partial charge on any atom is -0.461 e. The molecule has 0 aliphatic rings. The van der Waals surface area contributed by atoms with E-state index in [0.717, 1.165) is 25.7 Å². The maximum Gasteiger partial charge on any atom is 0.356 e. The Hall–Kier alpha value is -1.91. The van der Waals surface area contributed by atoms with Gasteiger partial charge < -0.3 is 9.47 Å². The normalized spacial score (nSPS) is 10.7. The minimum absolute atomic E-state index is 0.144. The molecule has 0 amide bonds. The van der Waals surface area contributed by atoms with Crippen LogP contribution in [0.4, 0.5) is 0 Å². The molecule has 1 heterocycles. The van der Waals surface area contributed by atoms with Crippen LogP contribution in [0.1, 0.15) is 125 Å². The second-order valence-corrected chi connectivity index (χ2v) is 7.92. The van der Waals surface area contributed by atoms with Crippen molar-refractivity contribution in [3.05, 3.63) is 29.6 Å². The lowest BCUT2D eigenvalue weighted by Crippen LogP contribution is -2.13. The van der Waals surface area contributed by atoms with Crippen molar-refractivity contribution in [3.8, 4) is 0 Å². The summed E-state index contributed by atoms with van der Waals surface area (Å²) >= 11 is 0. The third-order valence-corrected chi connectivity index (χ3v) is 5.13. The van der Waals surface area contributed by atoms with E-state index < -0.39 is 11.9 Å². The fourth-order valence-corrected chi connectivity index (χ4v) is 3.23. The van der Waals surface area contributed by atoms with Crippen LogP contribution < -0.4 is 0 Å². The first kappa shape index (κ1) is 26.1. The summed E-state index contributed by atoms with van der Waals surface area (Å²) in [4.78, 5) is 28.2. The first-order chi connectivity index (χ1) is 14.7. The van der Waals surface area contributed by atoms with Crippen LogP contribution in [0.3, 0.4) is 0 Å². The SMILES string of the molecule is CCCCCCCCCCCCCCOC(=O)c1cccc(C(=O)OCCCC)n1. The van der Waals surface area contributed by atoms with Crippen molar-refractivity contribution < 1.29 is 19.1 Å². The predicted molar refractivity (Wildman–Crippen MR) is 121 cm³/mol. The van der Waals surface area contributed by atoms with Gasteiger partial charge in [0.2, 0.25) is 0 Å². The molecule has 0 aliphatic carbocycles. The summed E-state index contributed by atoms with van der Waals surface area (Å²) in [6.07, 6.45) is 17.0. The summed E-state index contributed by atoms with van der Waals surface area (Å²) in [6.45, 7) is 5.04. The zero-order chi connectivity index (χ0) is 21.9. The van der Waals surface area contributed by atoms with Gasteiger partial charge in [0.05, 0.1) is 13.2 Å². The molecule has 30 heavy (non-hydrogen) atoms. The lowest BCUT2D eigenvalue weighted by Gasteiger charge is -2.07. The molecule has 0 unspecified atom stereocenters. The summed E-state index contributed by atoms with van der Waals surface area (Å²) < 4.78 is 10.4. The Bertz CT molecular complexity index is 588. The first-order valence-electron chi connectivity index (χ1n) is 12.0. The zero-order valence-electron chi connectivity index (χ0n) is 19.1. The van der Waals surface area contributed by atoms with Crippen LogP contribution in [0.25, 0.3) is 0 Å². The van der Waals surface area contributed by atoms with Crippen molar-refractivity contribution in [2.75, 3.05) is 13.2 Å². The number of carbonyl (C=O) groups is 2. The molecule has 0 radical (unpaired) electrons. The molecule has 1 aromatic rings. The number of hydrogen-bond acceptors (Lipinski definition) is 5. The lowest BCUT2D eigenvalue weighted by molar-refractivity contribution is 0.0483. The van der Waals surface area contributed by atoms with Crippen LogP contribution >= 0.6 is 0 Å². The molecular weight excluding hydrogens is 378 g/mol. The molecule has 0 fully saturated rings. The zero-order valence-corrected chi connectivity index (χ0v) is 19.1. The Kier molecular flexibility index (Phi) is 15.6. The van der Waals surface area contributed by atoms with Crippen LogP contribution in [0.15, 0.2) is 18.2 Å². The third-order valence-electron chi connectivity index (χ3n) is 5.13. The number of esters is 2. The van der Waals surface area contributed by atoms with E-state index in [-0.39, 0.29) is 11.4 Å². The van der Waals surface area contributed by atoms with Crippen molar-refractivity contribution in [1.29, 1.82) is 0 Å². The van der Waals surface area contributed by atoms with Gasteiger partial charge in [0.15, 0.2) is 0 Å². The number of carbonyl (C=O) groups excluding carboxylic acids is 2. The second-order valence-electron chi connectivity index (χ2n) is 7.92. The van der Waals surface area contributed by atoms with Crippen LogP contribution in [-0.2, 0) is 9.47 Å². The smallest absolute Gasteiger partial charge is 0.356 e. The average molecular weight is 420 g/mol. The van der Waals surface area contributed by atoms with E-state index >= 15 is 0 Å². The Morgan fingerprint density at radius 3 is 1.50 bits per heavy atom. The van der Waals surface area contributed by atoms with Crippen LogP contribution in [0.5, 0.6) is 0 Å². The van der Waals surface area contributed by atoms with E-state index in [1.165, 1.54) is 64.2 Å². The highest BCUT2D eigenvalue weighted by molar-refractivity contribution is 5.91. The van der Waals surface area contributed by atoms with Gasteiger partial charge >= 0.3 is 11.9 Å². The minimum atomic E-state index is -0.501. The molecule has 0 atom stereocenters. The molecular formula is C25H41NO4. The van der Waals surface area contributed by atoms with Gasteiger partial charge in [0, 0.05) is 0 Å². The van der Waals surface area contributed by atoms with Gasteiger partial charge in [-0.3, -0.25) is 0 Å². The number of pyridine rings is 1. The van der Waals surface area contributed by atoms with E-state index in [4.69, 9.17) is 9.47 Å². The summed E-state index contributed by atoms with van der Waals surface area (Å²) in [6, 6.07) is 4.74. The number of ether oxygens (including phenoxy) is 2. The topological polar surface area (TPSA) is 65.5 Å². The molecule has 5 nitrogen and oxygen atoms in total. The fraction of sp³-hybridized carbons (Fsp3) is 0.720. The highest BCUT2D eigenvalue weighted by Gasteiger charge is 2.14. The molecule has 1 aromatic heterocycles. The van der Waals surface area contributed by atoms with E-state index in [1.54, 1.807) is 18.2 Å². The Labute approximate surface area is 183 Å². The van der Waals surface area contributed by atoms with Crippen LogP contribution in [0.2, 0.25) is 0 Å². The Morgan fingerprint density at radius 1 is 0.633 bits per heavy atom. The molecule has 0 saturated heterocycles. The quantitative estimate of drug-likeness (QED) is 0.191. The standard InChI is InChI=1S/C25H41NO4/c1-3-5-7-8-9-10-11-12-13-14-15-16-21-30-25(28)23-19-17-18-22(26-23)24(27)29-20-6-4-2/h17-19H,3-16,20-21H2,1-2H3. The van der Waals surface area contributed by atoms with Crippen molar-refractivity contribution in [1.82, 2.24) is 4.98 Å². The summed E-state index contributed by atoms with van der Waals surface area (Å²) in [5.74, 6) is -0.986. The molecule has 0 aromatic carbocycles. The van der Waals surface area contributed by atoms with E-state index in [1.807, 2.05) is 6.92 Å². The average Bonchev–Trinajstić information content (AvgIpc) is 2.77. The molecule has 0 bridgehead atoms. The molecule has 0 spiro atoms. The molecule has 170 valence electrons. The summed E-state index contributed by atoms with van der Waals surface area (Å²) in [7, 11) is 0. The molecule has 0 N–H and O–H groups in total. The number of unbranched alkanes of at least 4 members (excludes halogenated alkanes) is 12. The molecule has 0 aliphatic heterocycles. The second kappa shape index (κ2) is 17.9. The van der Waals surface area contributed by atoms with Gasteiger partial charge in [-0.2, -0.15) is 0 Å². The Balaban J connectivity index is 2.09. The number of rotatable bonds is 18. The van der Waals surface area contributed by atoms with Crippen molar-refractivity contribution in [2.45, 2.75) is 104 Å². The maximum atomic E-state index is 12.1. The highest BCUT2D eigenvalue weighted by Crippen LogP contribution is 2.12. The number of nitrogens with zero attached hydrogens (tertiary/aromatic N) is 1. The van der Waals surface area contributed by atoms with E-state index in [0.29, 0.717) is 13.2 Å². The van der Waals surface area contributed by atoms with Gasteiger partial charge in [-0.15, -0.1) is 0 Å². The summed E-state index contributed by atoms with van der Waals surface area (Å²) in [5.41, 5.74) is 0.296. The van der Waals surface area contributed by atoms with Gasteiger partial charge in [0.1, 0.15) is 11.4 Å². The van der Waals surface area contributed by atoms with Gasteiger partial charge in [-0.25, -0.2) is 14.6 Å². The van der Waals surface area contributed by atoms with Crippen LogP contribution in [-0.4, -0.2) is 30.1 Å². The molecule has 5 heteroatoms. The Morgan fingerprint density at radius 2 is 1.03 bits per heavy atom. The predicted octanol–water partition coefficient (Wildman–Crippen LogP) is 6.90. The van der Waals surface area contributed by atoms with Crippen molar-refractivity contribution in [3.63, 3.8) is 0 Å². The molecule has 0 saturated carbocycles. The van der Waals surface area contributed by atoms with E-state index in [2.05, 4.69) is 11.9 Å². The number of aromatic nitrogens is 1. The third kappa shape index (κ3) is 12.6. The number of hydrogen-bond donors (Lipinski definition) is 0.